The summed E-state index contributed by atoms with van der Waals surface area (Å²) in [5.74, 6) is -0.0380. The molecule has 13 heteroatoms. The van der Waals surface area contributed by atoms with Crippen LogP contribution in [-0.2, 0) is 26.2 Å². The topological polar surface area (TPSA) is 166 Å². The van der Waals surface area contributed by atoms with Crippen molar-refractivity contribution in [3.63, 3.8) is 0 Å². The van der Waals surface area contributed by atoms with Crippen molar-refractivity contribution >= 4 is 18.0 Å². The second-order valence-corrected chi connectivity index (χ2v) is 14.6. The summed E-state index contributed by atoms with van der Waals surface area (Å²) in [6.45, 7) is 15.8. The fourth-order valence-electron chi connectivity index (χ4n) is 4.98. The Morgan fingerprint density at radius 3 is 2.22 bits per heavy atom. The van der Waals surface area contributed by atoms with Crippen molar-refractivity contribution in [2.45, 2.75) is 91.0 Å². The summed E-state index contributed by atoms with van der Waals surface area (Å²) < 4.78 is 22.5. The number of rotatable bonds is 8. The number of nitriles is 1. The van der Waals surface area contributed by atoms with Crippen LogP contribution in [0.25, 0.3) is 34.0 Å². The Hall–Kier alpha value is -5.19. The Balaban J connectivity index is 1.58. The lowest BCUT2D eigenvalue weighted by Gasteiger charge is -2.28. The van der Waals surface area contributed by atoms with Crippen molar-refractivity contribution in [1.82, 2.24) is 25.4 Å². The number of carbonyl (C=O) groups excluding carboxylic acids is 2. The molecule has 5 rings (SSSR count). The zero-order chi connectivity index (χ0) is 36.3. The van der Waals surface area contributed by atoms with Gasteiger partial charge < -0.3 is 24.1 Å². The predicted molar refractivity (Wildman–Crippen MR) is 186 cm³/mol. The summed E-state index contributed by atoms with van der Waals surface area (Å²) in [5.41, 5.74) is 1.18. The first kappa shape index (κ1) is 36.1. The Morgan fingerprint density at radius 2 is 1.62 bits per heavy atom. The third-order valence-electron chi connectivity index (χ3n) is 7.61. The van der Waals surface area contributed by atoms with E-state index in [-0.39, 0.29) is 17.3 Å². The maximum absolute atomic E-state index is 13.6. The van der Waals surface area contributed by atoms with Gasteiger partial charge in [0.25, 0.3) is 0 Å². The van der Waals surface area contributed by atoms with Gasteiger partial charge in [0.05, 0.1) is 35.7 Å². The number of pyridine rings is 1. The number of nitrogens with one attached hydrogen (secondary N) is 1. The van der Waals surface area contributed by atoms with E-state index in [0.717, 1.165) is 24.2 Å². The highest BCUT2D eigenvalue weighted by Crippen LogP contribution is 2.35. The number of benzene rings is 1. The molecule has 4 aromatic rings. The smallest absolute Gasteiger partial charge is 0.425 e. The largest absolute Gasteiger partial charge is 0.443 e. The number of carbonyl (C=O) groups is 2. The molecule has 50 heavy (non-hydrogen) atoms. The number of hydrogen-bond acceptors (Lipinski definition) is 12. The molecule has 0 spiro atoms. The third-order valence-corrected chi connectivity index (χ3v) is 7.61. The van der Waals surface area contributed by atoms with Gasteiger partial charge in [-0.1, -0.05) is 29.4 Å². The lowest BCUT2D eigenvalue weighted by Crippen LogP contribution is -2.44. The van der Waals surface area contributed by atoms with Crippen molar-refractivity contribution in [1.29, 1.82) is 5.26 Å². The van der Waals surface area contributed by atoms with Crippen LogP contribution in [-0.4, -0.2) is 62.8 Å². The minimum Gasteiger partial charge on any atom is -0.443 e. The van der Waals surface area contributed by atoms with E-state index in [4.69, 9.17) is 23.7 Å². The van der Waals surface area contributed by atoms with Gasteiger partial charge in [0.15, 0.2) is 17.3 Å². The van der Waals surface area contributed by atoms with Crippen LogP contribution in [0.2, 0.25) is 0 Å². The molecule has 0 saturated carbocycles. The van der Waals surface area contributed by atoms with Gasteiger partial charge in [-0.05, 0) is 79.5 Å². The van der Waals surface area contributed by atoms with Gasteiger partial charge in [0, 0.05) is 42.6 Å². The van der Waals surface area contributed by atoms with E-state index in [9.17, 15) is 14.9 Å². The molecule has 13 nitrogen and oxygen atoms in total. The molecule has 262 valence electrons. The molecule has 2 amide bonds. The molecular formula is C37H43N7O6. The van der Waals surface area contributed by atoms with Gasteiger partial charge in [0.1, 0.15) is 16.9 Å². The van der Waals surface area contributed by atoms with Gasteiger partial charge in [0.2, 0.25) is 0 Å². The highest BCUT2D eigenvalue weighted by molar-refractivity contribution is 6.10. The first-order chi connectivity index (χ1) is 23.5. The van der Waals surface area contributed by atoms with Gasteiger partial charge in [-0.15, -0.1) is 0 Å². The molecule has 1 aliphatic heterocycles. The molecule has 0 radical (unpaired) electrons. The van der Waals surface area contributed by atoms with E-state index in [2.05, 4.69) is 26.5 Å². The molecule has 4 heterocycles. The van der Waals surface area contributed by atoms with Crippen molar-refractivity contribution in [2.75, 3.05) is 18.1 Å². The van der Waals surface area contributed by atoms with Crippen molar-refractivity contribution < 1.29 is 28.3 Å². The normalized spacial score (nSPS) is 15.0. The summed E-state index contributed by atoms with van der Waals surface area (Å²) in [7, 11) is 0. The molecule has 0 unspecified atom stereocenters. The van der Waals surface area contributed by atoms with E-state index in [1.54, 1.807) is 79.8 Å². The van der Waals surface area contributed by atoms with Crippen LogP contribution < -0.4 is 10.2 Å². The van der Waals surface area contributed by atoms with Crippen LogP contribution in [0.4, 0.5) is 15.4 Å². The summed E-state index contributed by atoms with van der Waals surface area (Å²) in [6.07, 6.45) is 1.97. The monoisotopic (exact) mass is 681 g/mol. The van der Waals surface area contributed by atoms with Crippen molar-refractivity contribution in [2.24, 2.45) is 0 Å². The first-order valence-corrected chi connectivity index (χ1v) is 16.4. The quantitative estimate of drug-likeness (QED) is 0.199. The van der Waals surface area contributed by atoms with E-state index >= 15 is 0 Å². The minimum atomic E-state index is -1.01. The zero-order valence-electron chi connectivity index (χ0n) is 29.7. The number of imide groups is 1. The van der Waals surface area contributed by atoms with Crippen LogP contribution in [0.3, 0.4) is 0 Å². The lowest BCUT2D eigenvalue weighted by molar-refractivity contribution is 0.0429. The summed E-state index contributed by atoms with van der Waals surface area (Å²) in [6, 6.07) is 15.6. The van der Waals surface area contributed by atoms with Crippen LogP contribution in [0.15, 0.2) is 59.4 Å². The zero-order valence-corrected chi connectivity index (χ0v) is 29.7. The highest BCUT2D eigenvalue weighted by Gasteiger charge is 2.37. The van der Waals surface area contributed by atoms with E-state index in [1.807, 2.05) is 24.3 Å². The molecule has 0 aliphatic carbocycles. The Bertz CT molecular complexity index is 1850. The molecule has 1 N–H and O–H groups in total. The van der Waals surface area contributed by atoms with Crippen LogP contribution in [0.1, 0.15) is 73.1 Å². The number of amides is 2. The standard InChI is InChI=1S/C37H43N7O6/c1-35(2,3)48-33(45)44(34(46)49-36(4,5)6)32-31(42-28(20-41-32)25-13-15-39-30(17-25)37(7,8)22-38)29-18-27(43-50-29)24-11-9-23(10-12-24)19-40-26-14-16-47-21-26/h9-13,15,17-18,20,26,40H,14,16,19,21H2,1-8H3/t26-/m0/s1. The average Bonchev–Trinajstić information content (AvgIpc) is 3.76. The molecular weight excluding hydrogens is 638 g/mol. The predicted octanol–water partition coefficient (Wildman–Crippen LogP) is 7.22. The average molecular weight is 682 g/mol. The van der Waals surface area contributed by atoms with Crippen LogP contribution in [0.5, 0.6) is 0 Å². The minimum absolute atomic E-state index is 0.0375. The van der Waals surface area contributed by atoms with Gasteiger partial charge in [-0.3, -0.25) is 4.98 Å². The number of aromatic nitrogens is 4. The van der Waals surface area contributed by atoms with E-state index in [0.29, 0.717) is 46.7 Å². The highest BCUT2D eigenvalue weighted by atomic mass is 16.6. The summed E-state index contributed by atoms with van der Waals surface area (Å²) >= 11 is 0. The summed E-state index contributed by atoms with van der Waals surface area (Å²) in [5, 5.41) is 17.5. The maximum Gasteiger partial charge on any atom is 0.425 e. The number of hydrogen-bond donors (Lipinski definition) is 1. The molecule has 0 bridgehead atoms. The van der Waals surface area contributed by atoms with Crippen molar-refractivity contribution in [3.05, 3.63) is 66.1 Å². The molecule has 3 aromatic heterocycles. The number of nitrogens with zero attached hydrogens (tertiary/aromatic N) is 6. The van der Waals surface area contributed by atoms with Crippen LogP contribution in [0, 0.1) is 11.3 Å². The van der Waals surface area contributed by atoms with Crippen molar-refractivity contribution in [3.8, 4) is 40.0 Å². The number of anilines is 1. The van der Waals surface area contributed by atoms with E-state index < -0.39 is 28.8 Å². The molecule has 1 atom stereocenters. The molecule has 1 aliphatic rings. The Morgan fingerprint density at radius 1 is 0.940 bits per heavy atom. The molecule has 1 fully saturated rings. The fraction of sp³-hybridized carbons (Fsp3) is 0.432. The summed E-state index contributed by atoms with van der Waals surface area (Å²) in [4.78, 5) is 41.8. The number of ether oxygens (including phenoxy) is 3. The fourth-order valence-corrected chi connectivity index (χ4v) is 4.98. The second kappa shape index (κ2) is 14.3. The van der Waals surface area contributed by atoms with Crippen LogP contribution >= 0.6 is 0 Å². The molecule has 1 aromatic carbocycles. The Kier molecular flexibility index (Phi) is 10.4. The molecule has 1 saturated heterocycles. The van der Waals surface area contributed by atoms with Gasteiger partial charge in [-0.2, -0.15) is 10.2 Å². The maximum atomic E-state index is 13.6. The first-order valence-electron chi connectivity index (χ1n) is 16.4. The van der Waals surface area contributed by atoms with Gasteiger partial charge >= 0.3 is 12.2 Å². The van der Waals surface area contributed by atoms with E-state index in [1.165, 1.54) is 6.20 Å². The second-order valence-electron chi connectivity index (χ2n) is 14.6. The lowest BCUT2D eigenvalue weighted by atomic mass is 9.90. The third kappa shape index (κ3) is 8.88. The van der Waals surface area contributed by atoms with Gasteiger partial charge in [-0.25, -0.2) is 19.6 Å². The SMILES string of the molecule is CC(C)(C)OC(=O)N(C(=O)OC(C)(C)C)c1ncc(-c2ccnc(C(C)(C)C#N)c2)nc1-c1cc(-c2ccc(CN[C@H]3CCOC3)cc2)no1. The Labute approximate surface area is 292 Å².